The van der Waals surface area contributed by atoms with Gasteiger partial charge in [0.25, 0.3) is 5.95 Å². The fraction of sp³-hybridized carbons (Fsp3) is 0.100. The molecule has 0 radical (unpaired) electrons. The molecule has 3 nitrogen and oxygen atoms in total. The summed E-state index contributed by atoms with van der Waals surface area (Å²) >= 11 is 0. The fourth-order valence-electron chi connectivity index (χ4n) is 1.31. The SMILES string of the molecule is CN=Cc1c(O)oc2ccccc12. The van der Waals surface area contributed by atoms with Gasteiger partial charge in [0.2, 0.25) is 0 Å². The second kappa shape index (κ2) is 2.94. The maximum Gasteiger partial charge on any atom is 0.292 e. The molecule has 0 aliphatic heterocycles. The van der Waals surface area contributed by atoms with Crippen molar-refractivity contribution in [2.24, 2.45) is 4.99 Å². The van der Waals surface area contributed by atoms with Gasteiger partial charge in [0.05, 0.1) is 5.56 Å². The number of para-hydroxylation sites is 1. The standard InChI is InChI=1S/C10H9NO2/c1-11-6-8-7-4-2-3-5-9(7)13-10(8)12/h2-6,12H,1H3. The van der Waals surface area contributed by atoms with Crippen molar-refractivity contribution >= 4 is 17.2 Å². The summed E-state index contributed by atoms with van der Waals surface area (Å²) in [5.74, 6) is -0.0770. The number of hydrogen-bond acceptors (Lipinski definition) is 3. The maximum absolute atomic E-state index is 9.41. The topological polar surface area (TPSA) is 45.7 Å². The van der Waals surface area contributed by atoms with E-state index >= 15 is 0 Å². The van der Waals surface area contributed by atoms with Gasteiger partial charge < -0.3 is 9.52 Å². The lowest BCUT2D eigenvalue weighted by Gasteiger charge is -1.86. The molecule has 0 aliphatic carbocycles. The average molecular weight is 175 g/mol. The number of fused-ring (bicyclic) bond motifs is 1. The molecule has 2 rings (SSSR count). The number of aliphatic imine (C=N–C) groups is 1. The summed E-state index contributed by atoms with van der Waals surface area (Å²) < 4.78 is 5.12. The van der Waals surface area contributed by atoms with E-state index in [2.05, 4.69) is 4.99 Å². The molecule has 0 aliphatic rings. The van der Waals surface area contributed by atoms with Crippen LogP contribution in [0.3, 0.4) is 0 Å². The molecule has 0 saturated heterocycles. The third-order valence-corrected chi connectivity index (χ3v) is 1.87. The van der Waals surface area contributed by atoms with Gasteiger partial charge in [0.15, 0.2) is 0 Å². The lowest BCUT2D eigenvalue weighted by atomic mass is 10.2. The lowest BCUT2D eigenvalue weighted by Crippen LogP contribution is -1.77. The van der Waals surface area contributed by atoms with E-state index in [0.29, 0.717) is 11.1 Å². The van der Waals surface area contributed by atoms with Crippen LogP contribution in [-0.2, 0) is 0 Å². The van der Waals surface area contributed by atoms with Gasteiger partial charge in [-0.05, 0) is 6.07 Å². The zero-order chi connectivity index (χ0) is 9.26. The van der Waals surface area contributed by atoms with Crippen LogP contribution in [0.4, 0.5) is 0 Å². The summed E-state index contributed by atoms with van der Waals surface area (Å²) in [5, 5.41) is 10.3. The number of rotatable bonds is 1. The summed E-state index contributed by atoms with van der Waals surface area (Å²) in [4.78, 5) is 3.84. The van der Waals surface area contributed by atoms with Gasteiger partial charge in [0.1, 0.15) is 5.58 Å². The first-order valence-electron chi connectivity index (χ1n) is 3.95. The van der Waals surface area contributed by atoms with Crippen LogP contribution in [0, 0.1) is 0 Å². The van der Waals surface area contributed by atoms with Crippen LogP contribution in [0.15, 0.2) is 33.7 Å². The van der Waals surface area contributed by atoms with Crippen molar-refractivity contribution in [2.45, 2.75) is 0 Å². The Hall–Kier alpha value is -1.77. The predicted octanol–water partition coefficient (Wildman–Crippen LogP) is 2.19. The van der Waals surface area contributed by atoms with E-state index in [1.54, 1.807) is 13.3 Å². The summed E-state index contributed by atoms with van der Waals surface area (Å²) in [6.07, 6.45) is 1.58. The van der Waals surface area contributed by atoms with Gasteiger partial charge in [0, 0.05) is 18.6 Å². The van der Waals surface area contributed by atoms with Crippen molar-refractivity contribution in [3.05, 3.63) is 29.8 Å². The second-order valence-corrected chi connectivity index (χ2v) is 2.70. The van der Waals surface area contributed by atoms with Crippen LogP contribution in [0.1, 0.15) is 5.56 Å². The minimum Gasteiger partial charge on any atom is -0.480 e. The van der Waals surface area contributed by atoms with Crippen molar-refractivity contribution < 1.29 is 9.52 Å². The summed E-state index contributed by atoms with van der Waals surface area (Å²) in [5.41, 5.74) is 1.31. The molecule has 1 aromatic carbocycles. The van der Waals surface area contributed by atoms with E-state index in [4.69, 9.17) is 4.42 Å². The molecule has 0 unspecified atom stereocenters. The molecule has 0 spiro atoms. The molecule has 1 heterocycles. The molecule has 13 heavy (non-hydrogen) atoms. The van der Waals surface area contributed by atoms with E-state index in [0.717, 1.165) is 5.39 Å². The Labute approximate surface area is 75.3 Å². The Morgan fingerprint density at radius 1 is 1.38 bits per heavy atom. The van der Waals surface area contributed by atoms with Crippen molar-refractivity contribution in [1.82, 2.24) is 0 Å². The van der Waals surface area contributed by atoms with Gasteiger partial charge in [-0.25, -0.2) is 0 Å². The number of furan rings is 1. The fourth-order valence-corrected chi connectivity index (χ4v) is 1.31. The summed E-state index contributed by atoms with van der Waals surface area (Å²) in [7, 11) is 1.65. The van der Waals surface area contributed by atoms with Crippen molar-refractivity contribution in [2.75, 3.05) is 7.05 Å². The van der Waals surface area contributed by atoms with Gasteiger partial charge in [-0.1, -0.05) is 18.2 Å². The zero-order valence-electron chi connectivity index (χ0n) is 7.19. The second-order valence-electron chi connectivity index (χ2n) is 2.70. The van der Waals surface area contributed by atoms with Gasteiger partial charge in [-0.15, -0.1) is 0 Å². The first-order valence-corrected chi connectivity index (χ1v) is 3.95. The van der Waals surface area contributed by atoms with E-state index in [9.17, 15) is 5.11 Å². The zero-order valence-corrected chi connectivity index (χ0v) is 7.19. The quantitative estimate of drug-likeness (QED) is 0.675. The van der Waals surface area contributed by atoms with Crippen LogP contribution >= 0.6 is 0 Å². The first kappa shape index (κ1) is 7.86. The number of hydrogen-bond donors (Lipinski definition) is 1. The van der Waals surface area contributed by atoms with Crippen molar-refractivity contribution in [3.8, 4) is 5.95 Å². The van der Waals surface area contributed by atoms with E-state index in [1.165, 1.54) is 0 Å². The molecule has 0 amide bonds. The third-order valence-electron chi connectivity index (χ3n) is 1.87. The number of nitrogens with zero attached hydrogens (tertiary/aromatic N) is 1. The Bertz CT molecular complexity index is 457. The van der Waals surface area contributed by atoms with Crippen molar-refractivity contribution in [3.63, 3.8) is 0 Å². The van der Waals surface area contributed by atoms with Crippen molar-refractivity contribution in [1.29, 1.82) is 0 Å². The summed E-state index contributed by atoms with van der Waals surface area (Å²) in [6.45, 7) is 0. The minimum absolute atomic E-state index is 0.0770. The van der Waals surface area contributed by atoms with Crippen LogP contribution in [-0.4, -0.2) is 18.4 Å². The van der Waals surface area contributed by atoms with Gasteiger partial charge in [-0.2, -0.15) is 0 Å². The highest BCUT2D eigenvalue weighted by atomic mass is 16.5. The number of benzene rings is 1. The molecule has 3 heteroatoms. The minimum atomic E-state index is -0.0770. The molecular weight excluding hydrogens is 166 g/mol. The Morgan fingerprint density at radius 3 is 2.92 bits per heavy atom. The monoisotopic (exact) mass is 175 g/mol. The molecule has 1 N–H and O–H groups in total. The lowest BCUT2D eigenvalue weighted by molar-refractivity contribution is 0.346. The van der Waals surface area contributed by atoms with Crippen LogP contribution in [0.25, 0.3) is 11.0 Å². The van der Waals surface area contributed by atoms with Gasteiger partial charge >= 0.3 is 0 Å². The molecule has 66 valence electrons. The molecule has 1 aromatic heterocycles. The van der Waals surface area contributed by atoms with E-state index < -0.39 is 0 Å². The highest BCUT2D eigenvalue weighted by Crippen LogP contribution is 2.28. The van der Waals surface area contributed by atoms with E-state index in [-0.39, 0.29) is 5.95 Å². The highest BCUT2D eigenvalue weighted by Gasteiger charge is 2.09. The Kier molecular flexibility index (Phi) is 1.77. The van der Waals surface area contributed by atoms with Crippen LogP contribution in [0.2, 0.25) is 0 Å². The van der Waals surface area contributed by atoms with Crippen LogP contribution < -0.4 is 0 Å². The number of aromatic hydroxyl groups is 1. The molecule has 2 aromatic rings. The molecule has 0 saturated carbocycles. The molecule has 0 atom stereocenters. The first-order chi connectivity index (χ1) is 6.33. The molecule has 0 fully saturated rings. The Balaban J connectivity index is 2.78. The largest absolute Gasteiger partial charge is 0.480 e. The molecular formula is C10H9NO2. The smallest absolute Gasteiger partial charge is 0.292 e. The summed E-state index contributed by atoms with van der Waals surface area (Å²) in [6, 6.07) is 7.44. The predicted molar refractivity (Wildman–Crippen MR) is 51.4 cm³/mol. The van der Waals surface area contributed by atoms with Gasteiger partial charge in [-0.3, -0.25) is 4.99 Å². The maximum atomic E-state index is 9.41. The Morgan fingerprint density at radius 2 is 2.15 bits per heavy atom. The normalized spacial score (nSPS) is 11.5. The van der Waals surface area contributed by atoms with E-state index in [1.807, 2.05) is 24.3 Å². The third kappa shape index (κ3) is 1.18. The average Bonchev–Trinajstić information content (AvgIpc) is 2.44. The molecule has 0 bridgehead atoms. The van der Waals surface area contributed by atoms with Crippen LogP contribution in [0.5, 0.6) is 5.95 Å². The highest BCUT2D eigenvalue weighted by molar-refractivity contribution is 6.00.